The summed E-state index contributed by atoms with van der Waals surface area (Å²) in [6, 6.07) is -0.0504. The van der Waals surface area contributed by atoms with Crippen molar-refractivity contribution in [3.8, 4) is 0 Å². The molecule has 0 aromatic heterocycles. The molecule has 0 aromatic rings. The van der Waals surface area contributed by atoms with E-state index in [1.165, 1.54) is 0 Å². The normalized spacial score (nSPS) is 24.4. The number of hydrogen-bond acceptors (Lipinski definition) is 4. The van der Waals surface area contributed by atoms with Gasteiger partial charge in [0, 0.05) is 39.3 Å². The number of nitrogens with zero attached hydrogens (tertiary/aromatic N) is 2. The van der Waals surface area contributed by atoms with Gasteiger partial charge in [-0.1, -0.05) is 0 Å². The van der Waals surface area contributed by atoms with Crippen LogP contribution in [-0.4, -0.2) is 79.4 Å². The van der Waals surface area contributed by atoms with E-state index in [2.05, 4.69) is 5.32 Å². The zero-order chi connectivity index (χ0) is 14.4. The highest BCUT2D eigenvalue weighted by molar-refractivity contribution is 5.74. The van der Waals surface area contributed by atoms with Crippen molar-refractivity contribution in [2.45, 2.75) is 12.8 Å². The van der Waals surface area contributed by atoms with E-state index in [0.29, 0.717) is 38.6 Å². The lowest BCUT2D eigenvalue weighted by atomic mass is 10.0. The molecule has 1 atom stereocenters. The average Bonchev–Trinajstić information content (AvgIpc) is 2.46. The van der Waals surface area contributed by atoms with Crippen LogP contribution in [0.3, 0.4) is 0 Å². The molecule has 2 aliphatic rings. The zero-order valence-electron chi connectivity index (χ0n) is 11.7. The fourth-order valence-corrected chi connectivity index (χ4v) is 2.61. The predicted molar refractivity (Wildman–Crippen MR) is 72.6 cm³/mol. The van der Waals surface area contributed by atoms with Crippen molar-refractivity contribution in [1.82, 2.24) is 15.1 Å². The third-order valence-corrected chi connectivity index (χ3v) is 3.81. The van der Waals surface area contributed by atoms with Crippen LogP contribution in [-0.2, 0) is 9.53 Å². The topological polar surface area (TPSA) is 82.1 Å². The number of carbonyl (C=O) groups is 2. The van der Waals surface area contributed by atoms with Gasteiger partial charge in [0.2, 0.25) is 0 Å². The zero-order valence-corrected chi connectivity index (χ0v) is 11.7. The Bertz CT molecular complexity index is 337. The Balaban J connectivity index is 1.65. The standard InChI is InChI=1S/C13H23N3O4/c17-12(18)9-15-3-5-16(6-4-15)13(19)14-8-11-2-1-7-20-10-11/h11H,1-10H2,(H,14,19)(H,17,18). The first-order valence-electron chi connectivity index (χ1n) is 7.20. The van der Waals surface area contributed by atoms with Gasteiger partial charge >= 0.3 is 12.0 Å². The summed E-state index contributed by atoms with van der Waals surface area (Å²) >= 11 is 0. The molecule has 2 heterocycles. The van der Waals surface area contributed by atoms with Crippen molar-refractivity contribution in [3.63, 3.8) is 0 Å². The number of ether oxygens (including phenoxy) is 1. The SMILES string of the molecule is O=C(O)CN1CCN(C(=O)NCC2CCCOC2)CC1. The second-order valence-electron chi connectivity index (χ2n) is 5.43. The summed E-state index contributed by atoms with van der Waals surface area (Å²) in [6.45, 7) is 4.67. The molecular weight excluding hydrogens is 262 g/mol. The Morgan fingerprint density at radius 2 is 2.00 bits per heavy atom. The summed E-state index contributed by atoms with van der Waals surface area (Å²) in [5.74, 6) is -0.402. The lowest BCUT2D eigenvalue weighted by molar-refractivity contribution is -0.138. The molecule has 2 rings (SSSR count). The van der Waals surface area contributed by atoms with E-state index >= 15 is 0 Å². The number of amides is 2. The van der Waals surface area contributed by atoms with E-state index in [-0.39, 0.29) is 12.6 Å². The molecule has 2 fully saturated rings. The van der Waals surface area contributed by atoms with Crippen LogP contribution in [0.2, 0.25) is 0 Å². The average molecular weight is 285 g/mol. The van der Waals surface area contributed by atoms with E-state index in [0.717, 1.165) is 26.1 Å². The number of piperazine rings is 1. The molecule has 2 amide bonds. The minimum atomic E-state index is -0.819. The molecule has 2 N–H and O–H groups in total. The molecule has 2 saturated heterocycles. The summed E-state index contributed by atoms with van der Waals surface area (Å²) < 4.78 is 5.38. The Morgan fingerprint density at radius 3 is 2.60 bits per heavy atom. The highest BCUT2D eigenvalue weighted by Gasteiger charge is 2.23. The molecule has 0 aliphatic carbocycles. The van der Waals surface area contributed by atoms with Gasteiger partial charge in [0.25, 0.3) is 0 Å². The summed E-state index contributed by atoms with van der Waals surface area (Å²) in [5, 5.41) is 11.7. The van der Waals surface area contributed by atoms with E-state index in [9.17, 15) is 9.59 Å². The minimum absolute atomic E-state index is 0.0504. The number of urea groups is 1. The number of nitrogens with one attached hydrogen (secondary N) is 1. The van der Waals surface area contributed by atoms with E-state index in [1.54, 1.807) is 4.90 Å². The smallest absolute Gasteiger partial charge is 0.317 e. The van der Waals surface area contributed by atoms with Crippen LogP contribution in [0.15, 0.2) is 0 Å². The number of carboxylic acid groups (broad SMARTS) is 1. The number of hydrogen-bond donors (Lipinski definition) is 2. The van der Waals surface area contributed by atoms with Gasteiger partial charge in [-0.15, -0.1) is 0 Å². The molecule has 0 saturated carbocycles. The summed E-state index contributed by atoms with van der Waals surface area (Å²) in [6.07, 6.45) is 2.17. The highest BCUT2D eigenvalue weighted by Crippen LogP contribution is 2.12. The third-order valence-electron chi connectivity index (χ3n) is 3.81. The molecule has 7 nitrogen and oxygen atoms in total. The van der Waals surface area contributed by atoms with Gasteiger partial charge < -0.3 is 20.1 Å². The lowest BCUT2D eigenvalue weighted by Crippen LogP contribution is -2.53. The van der Waals surface area contributed by atoms with Gasteiger partial charge in [0.05, 0.1) is 13.2 Å². The maximum Gasteiger partial charge on any atom is 0.317 e. The Hall–Kier alpha value is -1.34. The predicted octanol–water partition coefficient (Wildman–Crippen LogP) is -0.175. The van der Waals surface area contributed by atoms with Gasteiger partial charge in [-0.2, -0.15) is 0 Å². The van der Waals surface area contributed by atoms with Crippen LogP contribution in [0.4, 0.5) is 4.79 Å². The van der Waals surface area contributed by atoms with Crippen molar-refractivity contribution in [2.75, 3.05) is 52.5 Å². The number of carbonyl (C=O) groups excluding carboxylic acids is 1. The lowest BCUT2D eigenvalue weighted by Gasteiger charge is -2.34. The molecule has 0 aromatic carbocycles. The molecule has 0 spiro atoms. The maximum atomic E-state index is 12.0. The van der Waals surface area contributed by atoms with E-state index in [4.69, 9.17) is 9.84 Å². The quantitative estimate of drug-likeness (QED) is 0.749. The molecule has 0 radical (unpaired) electrons. The van der Waals surface area contributed by atoms with Gasteiger partial charge in [-0.3, -0.25) is 9.69 Å². The number of rotatable bonds is 4. The van der Waals surface area contributed by atoms with Gasteiger partial charge in [0.1, 0.15) is 0 Å². The molecule has 0 bridgehead atoms. The summed E-state index contributed by atoms with van der Waals surface area (Å²) in [5.41, 5.74) is 0. The second kappa shape index (κ2) is 7.44. The molecule has 114 valence electrons. The number of aliphatic carboxylic acids is 1. The molecule has 1 unspecified atom stereocenters. The summed E-state index contributed by atoms with van der Waals surface area (Å²) in [7, 11) is 0. The monoisotopic (exact) mass is 285 g/mol. The minimum Gasteiger partial charge on any atom is -0.480 e. The van der Waals surface area contributed by atoms with Crippen LogP contribution < -0.4 is 5.32 Å². The van der Waals surface area contributed by atoms with Crippen molar-refractivity contribution < 1.29 is 19.4 Å². The first-order valence-corrected chi connectivity index (χ1v) is 7.20. The second-order valence-corrected chi connectivity index (χ2v) is 5.43. The Morgan fingerprint density at radius 1 is 1.25 bits per heavy atom. The maximum absolute atomic E-state index is 12.0. The van der Waals surface area contributed by atoms with Crippen molar-refractivity contribution >= 4 is 12.0 Å². The molecule has 20 heavy (non-hydrogen) atoms. The van der Waals surface area contributed by atoms with Crippen molar-refractivity contribution in [1.29, 1.82) is 0 Å². The fourth-order valence-electron chi connectivity index (χ4n) is 2.61. The van der Waals surface area contributed by atoms with E-state index < -0.39 is 5.97 Å². The van der Waals surface area contributed by atoms with Crippen LogP contribution >= 0.6 is 0 Å². The summed E-state index contributed by atoms with van der Waals surface area (Å²) in [4.78, 5) is 26.2. The van der Waals surface area contributed by atoms with Gasteiger partial charge in [0.15, 0.2) is 0 Å². The van der Waals surface area contributed by atoms with Crippen LogP contribution in [0, 0.1) is 5.92 Å². The van der Waals surface area contributed by atoms with Crippen LogP contribution in [0.1, 0.15) is 12.8 Å². The van der Waals surface area contributed by atoms with Crippen LogP contribution in [0.25, 0.3) is 0 Å². The first kappa shape index (κ1) is 15.1. The first-order chi connectivity index (χ1) is 9.65. The van der Waals surface area contributed by atoms with Crippen molar-refractivity contribution in [2.24, 2.45) is 5.92 Å². The van der Waals surface area contributed by atoms with E-state index in [1.807, 2.05) is 4.90 Å². The largest absolute Gasteiger partial charge is 0.480 e. The Labute approximate surface area is 118 Å². The molecule has 7 heteroatoms. The van der Waals surface area contributed by atoms with Gasteiger partial charge in [-0.25, -0.2) is 4.79 Å². The molecular formula is C13H23N3O4. The third kappa shape index (κ3) is 4.64. The fraction of sp³-hybridized carbons (Fsp3) is 0.846. The van der Waals surface area contributed by atoms with Crippen molar-refractivity contribution in [3.05, 3.63) is 0 Å². The van der Waals surface area contributed by atoms with Gasteiger partial charge in [-0.05, 0) is 18.8 Å². The Kier molecular flexibility index (Phi) is 5.60. The number of carboxylic acids is 1. The molecule has 2 aliphatic heterocycles. The highest BCUT2D eigenvalue weighted by atomic mass is 16.5. The van der Waals surface area contributed by atoms with Crippen LogP contribution in [0.5, 0.6) is 0 Å².